The molecule has 1 aliphatic heterocycles. The zero-order valence-electron chi connectivity index (χ0n) is 11.1. The molecule has 0 aromatic carbocycles. The van der Waals surface area contributed by atoms with Gasteiger partial charge >= 0.3 is 0 Å². The maximum atomic E-state index is 11.6. The van der Waals surface area contributed by atoms with Crippen LogP contribution in [0.15, 0.2) is 0 Å². The predicted molar refractivity (Wildman–Crippen MR) is 69.8 cm³/mol. The van der Waals surface area contributed by atoms with Crippen LogP contribution in [-0.4, -0.2) is 37.0 Å². The van der Waals surface area contributed by atoms with E-state index in [1.165, 1.54) is 38.8 Å². The maximum Gasteiger partial charge on any atom is 0.223 e. The number of carbonyl (C=O) groups excluding carboxylic acids is 1. The summed E-state index contributed by atoms with van der Waals surface area (Å²) in [5.41, 5.74) is 0. The molecule has 0 aromatic rings. The van der Waals surface area contributed by atoms with Crippen LogP contribution in [0.5, 0.6) is 0 Å². The molecule has 0 spiro atoms. The summed E-state index contributed by atoms with van der Waals surface area (Å²) in [5, 5.41) is 3.06. The van der Waals surface area contributed by atoms with Gasteiger partial charge in [0, 0.05) is 12.5 Å². The topological polar surface area (TPSA) is 32.3 Å². The first-order valence-electron chi connectivity index (χ1n) is 7.27. The number of hydrogen-bond donors (Lipinski definition) is 1. The third-order valence-corrected chi connectivity index (χ3v) is 4.10. The lowest BCUT2D eigenvalue weighted by Gasteiger charge is -2.19. The molecule has 0 bridgehead atoms. The fraction of sp³-hybridized carbons (Fsp3) is 0.929. The molecule has 2 rings (SSSR count). The number of likely N-dealkylation sites (tertiary alicyclic amines) is 1. The number of nitrogens with zero attached hydrogens (tertiary/aromatic N) is 1. The zero-order valence-corrected chi connectivity index (χ0v) is 11.1. The molecule has 98 valence electrons. The second-order valence-electron chi connectivity index (χ2n) is 5.72. The predicted octanol–water partition coefficient (Wildman–Crippen LogP) is 2.02. The molecule has 1 saturated carbocycles. The van der Waals surface area contributed by atoms with Crippen LogP contribution < -0.4 is 5.32 Å². The Morgan fingerprint density at radius 1 is 1.24 bits per heavy atom. The van der Waals surface area contributed by atoms with Crippen molar-refractivity contribution in [3.63, 3.8) is 0 Å². The first kappa shape index (κ1) is 12.9. The smallest absolute Gasteiger partial charge is 0.223 e. The van der Waals surface area contributed by atoms with Gasteiger partial charge in [-0.25, -0.2) is 0 Å². The Labute approximate surface area is 105 Å². The highest BCUT2D eigenvalue weighted by Crippen LogP contribution is 2.37. The van der Waals surface area contributed by atoms with Gasteiger partial charge in [-0.3, -0.25) is 4.79 Å². The molecule has 3 heteroatoms. The quantitative estimate of drug-likeness (QED) is 0.743. The van der Waals surface area contributed by atoms with E-state index in [4.69, 9.17) is 0 Å². The minimum Gasteiger partial charge on any atom is -0.356 e. The third kappa shape index (κ3) is 4.30. The molecule has 3 nitrogen and oxygen atoms in total. The lowest BCUT2D eigenvalue weighted by atomic mass is 10.2. The van der Waals surface area contributed by atoms with Gasteiger partial charge in [-0.05, 0) is 51.2 Å². The van der Waals surface area contributed by atoms with E-state index in [0.717, 1.165) is 25.9 Å². The van der Waals surface area contributed by atoms with Gasteiger partial charge in [0.2, 0.25) is 5.91 Å². The first-order chi connectivity index (χ1) is 8.27. The average molecular weight is 238 g/mol. The molecule has 2 aliphatic rings. The van der Waals surface area contributed by atoms with Gasteiger partial charge in [0.05, 0.1) is 0 Å². The number of hydrogen-bond acceptors (Lipinski definition) is 2. The molecule has 0 radical (unpaired) electrons. The van der Waals surface area contributed by atoms with Crippen LogP contribution in [0.3, 0.4) is 0 Å². The molecule has 1 heterocycles. The number of amides is 1. The second-order valence-corrected chi connectivity index (χ2v) is 5.72. The molecular formula is C14H26N2O. The summed E-state index contributed by atoms with van der Waals surface area (Å²) in [6, 6.07) is 0. The van der Waals surface area contributed by atoms with Crippen LogP contribution in [0.25, 0.3) is 0 Å². The average Bonchev–Trinajstić information content (AvgIpc) is 3.08. The van der Waals surface area contributed by atoms with Crippen molar-refractivity contribution in [2.24, 2.45) is 11.8 Å². The van der Waals surface area contributed by atoms with Crippen molar-refractivity contribution in [1.29, 1.82) is 0 Å². The van der Waals surface area contributed by atoms with Gasteiger partial charge in [0.25, 0.3) is 0 Å². The van der Waals surface area contributed by atoms with Gasteiger partial charge in [-0.15, -0.1) is 0 Å². The summed E-state index contributed by atoms with van der Waals surface area (Å²) in [7, 11) is 0. The van der Waals surface area contributed by atoms with Crippen molar-refractivity contribution in [2.45, 2.75) is 45.4 Å². The van der Waals surface area contributed by atoms with E-state index in [2.05, 4.69) is 17.1 Å². The standard InChI is InChI=1S/C14H26N2O/c1-12-11-13(12)14(17)15-7-6-10-16-8-4-2-3-5-9-16/h12-13H,2-11H2,1H3,(H,15,17). The summed E-state index contributed by atoms with van der Waals surface area (Å²) >= 11 is 0. The van der Waals surface area contributed by atoms with Crippen molar-refractivity contribution in [3.8, 4) is 0 Å². The molecule has 2 fully saturated rings. The highest BCUT2D eigenvalue weighted by molar-refractivity contribution is 5.81. The summed E-state index contributed by atoms with van der Waals surface area (Å²) in [6.07, 6.45) is 7.70. The number of nitrogens with one attached hydrogen (secondary N) is 1. The Hall–Kier alpha value is -0.570. The zero-order chi connectivity index (χ0) is 12.1. The highest BCUT2D eigenvalue weighted by Gasteiger charge is 2.38. The van der Waals surface area contributed by atoms with Crippen LogP contribution in [0.1, 0.15) is 45.4 Å². The monoisotopic (exact) mass is 238 g/mol. The normalized spacial score (nSPS) is 29.7. The van der Waals surface area contributed by atoms with E-state index in [-0.39, 0.29) is 5.91 Å². The molecular weight excluding hydrogens is 212 g/mol. The van der Waals surface area contributed by atoms with Gasteiger partial charge in [0.1, 0.15) is 0 Å². The van der Waals surface area contributed by atoms with Crippen molar-refractivity contribution in [2.75, 3.05) is 26.2 Å². The van der Waals surface area contributed by atoms with Gasteiger partial charge in [-0.1, -0.05) is 19.8 Å². The van der Waals surface area contributed by atoms with Crippen molar-refractivity contribution >= 4 is 5.91 Å². The van der Waals surface area contributed by atoms with Gasteiger partial charge in [-0.2, -0.15) is 0 Å². The van der Waals surface area contributed by atoms with E-state index < -0.39 is 0 Å². The van der Waals surface area contributed by atoms with Crippen molar-refractivity contribution in [3.05, 3.63) is 0 Å². The van der Waals surface area contributed by atoms with E-state index in [0.29, 0.717) is 11.8 Å². The summed E-state index contributed by atoms with van der Waals surface area (Å²) in [5.74, 6) is 1.24. The molecule has 1 aliphatic carbocycles. The fourth-order valence-electron chi connectivity index (χ4n) is 2.69. The summed E-state index contributed by atoms with van der Waals surface area (Å²) in [4.78, 5) is 14.2. The molecule has 0 aromatic heterocycles. The van der Waals surface area contributed by atoms with Gasteiger partial charge < -0.3 is 10.2 Å². The Morgan fingerprint density at radius 2 is 1.88 bits per heavy atom. The van der Waals surface area contributed by atoms with E-state index in [1.54, 1.807) is 0 Å². The lowest BCUT2D eigenvalue weighted by Crippen LogP contribution is -2.31. The van der Waals surface area contributed by atoms with Crippen molar-refractivity contribution < 1.29 is 4.79 Å². The van der Waals surface area contributed by atoms with E-state index >= 15 is 0 Å². The molecule has 17 heavy (non-hydrogen) atoms. The Balaban J connectivity index is 1.51. The van der Waals surface area contributed by atoms with Crippen LogP contribution in [0, 0.1) is 11.8 Å². The second kappa shape index (κ2) is 6.39. The van der Waals surface area contributed by atoms with E-state index in [1.807, 2.05) is 0 Å². The largest absolute Gasteiger partial charge is 0.356 e. The minimum absolute atomic E-state index is 0.286. The lowest BCUT2D eigenvalue weighted by molar-refractivity contribution is -0.122. The third-order valence-electron chi connectivity index (χ3n) is 4.10. The SMILES string of the molecule is CC1CC1C(=O)NCCCN1CCCCCC1. The minimum atomic E-state index is 0.286. The van der Waals surface area contributed by atoms with E-state index in [9.17, 15) is 4.79 Å². The summed E-state index contributed by atoms with van der Waals surface area (Å²) < 4.78 is 0. The fourth-order valence-corrected chi connectivity index (χ4v) is 2.69. The molecule has 2 unspecified atom stereocenters. The summed E-state index contributed by atoms with van der Waals surface area (Å²) in [6.45, 7) is 6.68. The maximum absolute atomic E-state index is 11.6. The van der Waals surface area contributed by atoms with Crippen LogP contribution in [0.2, 0.25) is 0 Å². The van der Waals surface area contributed by atoms with Crippen LogP contribution in [0.4, 0.5) is 0 Å². The molecule has 1 N–H and O–H groups in total. The molecule has 1 amide bonds. The molecule has 2 atom stereocenters. The molecule has 1 saturated heterocycles. The van der Waals surface area contributed by atoms with Gasteiger partial charge in [0.15, 0.2) is 0 Å². The van der Waals surface area contributed by atoms with Crippen molar-refractivity contribution in [1.82, 2.24) is 10.2 Å². The number of rotatable bonds is 5. The number of carbonyl (C=O) groups is 1. The Morgan fingerprint density at radius 3 is 2.47 bits per heavy atom. The van der Waals surface area contributed by atoms with Crippen LogP contribution in [-0.2, 0) is 4.79 Å². The Bertz CT molecular complexity index is 247. The highest BCUT2D eigenvalue weighted by atomic mass is 16.2. The first-order valence-corrected chi connectivity index (χ1v) is 7.27. The van der Waals surface area contributed by atoms with Crippen LogP contribution >= 0.6 is 0 Å². The Kier molecular flexibility index (Phi) is 4.84.